The van der Waals surface area contributed by atoms with Crippen LogP contribution in [-0.4, -0.2) is 46.9 Å². The highest BCUT2D eigenvalue weighted by molar-refractivity contribution is 5.77. The lowest BCUT2D eigenvalue weighted by Gasteiger charge is -2.24. The van der Waals surface area contributed by atoms with Crippen LogP contribution in [0.4, 0.5) is 0 Å². The molecular weight excluding hydrogens is 827 g/mol. The van der Waals surface area contributed by atoms with Gasteiger partial charge in [0.15, 0.2) is 0 Å². The number of ether oxygens (including phenoxy) is 1. The Morgan fingerprint density at radius 3 is 1.18 bits per heavy atom. The minimum absolute atomic E-state index is 0.0649. The van der Waals surface area contributed by atoms with Crippen LogP contribution in [0.1, 0.15) is 303 Å². The van der Waals surface area contributed by atoms with E-state index < -0.39 is 18.2 Å². The van der Waals surface area contributed by atoms with Crippen LogP contribution in [0.2, 0.25) is 0 Å². The maximum Gasteiger partial charge on any atom is 0.306 e. The van der Waals surface area contributed by atoms with E-state index in [0.717, 1.165) is 83.5 Å². The molecule has 67 heavy (non-hydrogen) atoms. The van der Waals surface area contributed by atoms with Gasteiger partial charge in [-0.1, -0.05) is 262 Å². The van der Waals surface area contributed by atoms with Crippen molar-refractivity contribution in [3.8, 4) is 0 Å². The van der Waals surface area contributed by atoms with Crippen LogP contribution in [0.3, 0.4) is 0 Å². The molecule has 3 atom stereocenters. The first-order valence-electron chi connectivity index (χ1n) is 29.4. The number of amides is 1. The van der Waals surface area contributed by atoms with E-state index in [1.165, 1.54) is 173 Å². The van der Waals surface area contributed by atoms with Gasteiger partial charge in [-0.3, -0.25) is 9.59 Å². The molecule has 0 saturated carbocycles. The third-order valence-corrected chi connectivity index (χ3v) is 13.4. The van der Waals surface area contributed by atoms with Gasteiger partial charge in [0.05, 0.1) is 25.2 Å². The van der Waals surface area contributed by atoms with E-state index in [1.807, 2.05) is 0 Å². The van der Waals surface area contributed by atoms with Gasteiger partial charge >= 0.3 is 5.97 Å². The smallest absolute Gasteiger partial charge is 0.306 e. The normalized spacial score (nSPS) is 13.4. The highest BCUT2D eigenvalue weighted by Crippen LogP contribution is 2.18. The molecule has 0 heterocycles. The van der Waals surface area contributed by atoms with Gasteiger partial charge in [0, 0.05) is 6.42 Å². The van der Waals surface area contributed by atoms with Crippen molar-refractivity contribution >= 4 is 11.9 Å². The van der Waals surface area contributed by atoms with Gasteiger partial charge < -0.3 is 20.3 Å². The molecule has 0 spiro atoms. The number of allylic oxidation sites excluding steroid dienone is 8. The molecule has 0 aliphatic rings. The summed E-state index contributed by atoms with van der Waals surface area (Å²) in [7, 11) is 0. The number of aliphatic hydroxyl groups excluding tert-OH is 2. The average molecular weight is 941 g/mol. The summed E-state index contributed by atoms with van der Waals surface area (Å²) in [6.45, 7) is 6.49. The summed E-state index contributed by atoms with van der Waals surface area (Å²) >= 11 is 0. The molecule has 0 bridgehead atoms. The van der Waals surface area contributed by atoms with Crippen molar-refractivity contribution in [1.29, 1.82) is 0 Å². The molecule has 0 aromatic carbocycles. The van der Waals surface area contributed by atoms with Crippen LogP contribution in [0.5, 0.6) is 0 Å². The molecule has 0 fully saturated rings. The fraction of sp³-hybridized carbons (Fsp3) is 0.836. The number of esters is 1. The zero-order valence-electron chi connectivity index (χ0n) is 44.8. The minimum atomic E-state index is -0.794. The van der Waals surface area contributed by atoms with Gasteiger partial charge in [0.25, 0.3) is 0 Å². The van der Waals surface area contributed by atoms with Crippen LogP contribution >= 0.6 is 0 Å². The number of hydrogen-bond acceptors (Lipinski definition) is 5. The van der Waals surface area contributed by atoms with Crippen LogP contribution < -0.4 is 5.32 Å². The number of carbonyl (C=O) groups is 2. The average Bonchev–Trinajstić information content (AvgIpc) is 3.32. The SMILES string of the molecule is CCCCCCC/C=C/C=C/C=C/CCCCCCCC(=O)OC(CCCCCCC/C=C/CCCCCCCC)CC(=O)NC(CO)C(O)CCCCCCCCCCCCCCCCC. The predicted molar refractivity (Wildman–Crippen MR) is 292 cm³/mol. The Morgan fingerprint density at radius 2 is 0.776 bits per heavy atom. The first kappa shape index (κ1) is 64.8. The second kappa shape index (κ2) is 54.8. The molecule has 0 aromatic heterocycles. The lowest BCUT2D eigenvalue weighted by atomic mass is 10.0. The molecule has 3 unspecified atom stereocenters. The van der Waals surface area contributed by atoms with Crippen molar-refractivity contribution in [2.24, 2.45) is 0 Å². The predicted octanol–water partition coefficient (Wildman–Crippen LogP) is 18.2. The number of aliphatic hydroxyl groups is 2. The van der Waals surface area contributed by atoms with E-state index in [9.17, 15) is 19.8 Å². The van der Waals surface area contributed by atoms with Crippen molar-refractivity contribution in [3.63, 3.8) is 0 Å². The Bertz CT molecular complexity index is 1150. The molecule has 0 rings (SSSR count). The third kappa shape index (κ3) is 50.0. The van der Waals surface area contributed by atoms with E-state index in [-0.39, 0.29) is 24.9 Å². The lowest BCUT2D eigenvalue weighted by molar-refractivity contribution is -0.151. The van der Waals surface area contributed by atoms with Crippen molar-refractivity contribution in [2.45, 2.75) is 322 Å². The zero-order valence-corrected chi connectivity index (χ0v) is 44.8. The molecule has 6 heteroatoms. The Kier molecular flexibility index (Phi) is 53.0. The van der Waals surface area contributed by atoms with E-state index in [1.54, 1.807) is 0 Å². The molecule has 392 valence electrons. The number of rotatable bonds is 53. The second-order valence-electron chi connectivity index (χ2n) is 20.1. The first-order valence-corrected chi connectivity index (χ1v) is 29.4. The Hall–Kier alpha value is -2.18. The summed E-state index contributed by atoms with van der Waals surface area (Å²) in [5.41, 5.74) is 0. The van der Waals surface area contributed by atoms with Crippen LogP contribution in [-0.2, 0) is 14.3 Å². The number of nitrogens with one attached hydrogen (secondary N) is 1. The molecule has 0 aliphatic heterocycles. The van der Waals surface area contributed by atoms with Crippen LogP contribution in [0.25, 0.3) is 0 Å². The Labute approximate surface area is 416 Å². The summed E-state index contributed by atoms with van der Waals surface area (Å²) in [5, 5.41) is 23.9. The van der Waals surface area contributed by atoms with Crippen LogP contribution in [0.15, 0.2) is 48.6 Å². The topological polar surface area (TPSA) is 95.9 Å². The highest BCUT2D eigenvalue weighted by atomic mass is 16.5. The number of unbranched alkanes of at least 4 members (excludes halogenated alkanes) is 35. The maximum atomic E-state index is 13.3. The molecule has 6 nitrogen and oxygen atoms in total. The summed E-state index contributed by atoms with van der Waals surface area (Å²) in [5.74, 6) is -0.493. The first-order chi connectivity index (χ1) is 33.0. The monoisotopic (exact) mass is 940 g/mol. The lowest BCUT2D eigenvalue weighted by Crippen LogP contribution is -2.46. The standard InChI is InChI=1S/C61H113NO5/c1-4-7-10-13-16-19-22-25-28-29-30-33-36-39-42-45-48-51-54-61(66)67-57(52-49-46-43-40-37-34-31-26-23-20-17-14-11-8-5-2)55-60(65)62-58(56-63)59(64)53-50-47-44-41-38-35-32-27-24-21-18-15-12-9-6-3/h22,25-26,28-31,33,57-59,63-64H,4-21,23-24,27,32,34-56H2,1-3H3,(H,62,65)/b25-22+,29-28+,31-26+,33-30+. The fourth-order valence-electron chi connectivity index (χ4n) is 8.96. The molecule has 1 amide bonds. The van der Waals surface area contributed by atoms with Gasteiger partial charge in [-0.25, -0.2) is 0 Å². The van der Waals surface area contributed by atoms with E-state index in [4.69, 9.17) is 4.74 Å². The highest BCUT2D eigenvalue weighted by Gasteiger charge is 2.24. The minimum Gasteiger partial charge on any atom is -0.462 e. The summed E-state index contributed by atoms with van der Waals surface area (Å²) in [6, 6.07) is -0.709. The van der Waals surface area contributed by atoms with Crippen molar-refractivity contribution < 1.29 is 24.5 Å². The summed E-state index contributed by atoms with van der Waals surface area (Å²) < 4.78 is 5.96. The molecule has 0 aromatic rings. The maximum absolute atomic E-state index is 13.3. The van der Waals surface area contributed by atoms with E-state index in [2.05, 4.69) is 74.7 Å². The summed E-state index contributed by atoms with van der Waals surface area (Å²) in [4.78, 5) is 26.3. The summed E-state index contributed by atoms with van der Waals surface area (Å²) in [6.07, 6.45) is 67.4. The van der Waals surface area contributed by atoms with Gasteiger partial charge in [-0.2, -0.15) is 0 Å². The van der Waals surface area contributed by atoms with E-state index in [0.29, 0.717) is 19.3 Å². The Morgan fingerprint density at radius 1 is 0.433 bits per heavy atom. The van der Waals surface area contributed by atoms with Crippen molar-refractivity contribution in [3.05, 3.63) is 48.6 Å². The molecule has 3 N–H and O–H groups in total. The number of carbonyl (C=O) groups excluding carboxylic acids is 2. The molecule has 0 aliphatic carbocycles. The third-order valence-electron chi connectivity index (χ3n) is 13.4. The van der Waals surface area contributed by atoms with Gasteiger partial charge in [0.1, 0.15) is 6.10 Å². The Balaban J connectivity index is 4.59. The van der Waals surface area contributed by atoms with E-state index >= 15 is 0 Å². The molecular formula is C61H113NO5. The molecule has 0 saturated heterocycles. The van der Waals surface area contributed by atoms with Gasteiger partial charge in [0.2, 0.25) is 5.91 Å². The molecule has 0 radical (unpaired) electrons. The van der Waals surface area contributed by atoms with Crippen molar-refractivity contribution in [1.82, 2.24) is 5.32 Å². The second-order valence-corrected chi connectivity index (χ2v) is 20.1. The van der Waals surface area contributed by atoms with Crippen molar-refractivity contribution in [2.75, 3.05) is 6.61 Å². The van der Waals surface area contributed by atoms with Crippen LogP contribution in [0, 0.1) is 0 Å². The van der Waals surface area contributed by atoms with Gasteiger partial charge in [-0.05, 0) is 77.0 Å². The quantitative estimate of drug-likeness (QED) is 0.0244. The zero-order chi connectivity index (χ0) is 48.8. The van der Waals surface area contributed by atoms with Gasteiger partial charge in [-0.15, -0.1) is 0 Å². The fourth-order valence-corrected chi connectivity index (χ4v) is 8.96. The largest absolute Gasteiger partial charge is 0.462 e. The number of hydrogen-bond donors (Lipinski definition) is 3.